The van der Waals surface area contributed by atoms with Gasteiger partial charge in [-0.2, -0.15) is 4.68 Å². The van der Waals surface area contributed by atoms with Gasteiger partial charge in [0.15, 0.2) is 5.82 Å². The van der Waals surface area contributed by atoms with Crippen LogP contribution in [0.4, 0.5) is 4.39 Å². The number of hydrogen-bond acceptors (Lipinski definition) is 5. The van der Waals surface area contributed by atoms with E-state index in [4.69, 9.17) is 9.47 Å². The summed E-state index contributed by atoms with van der Waals surface area (Å²) in [6.07, 6.45) is -0.0598. The molecule has 0 bridgehead atoms. The third kappa shape index (κ3) is 2.68. The van der Waals surface area contributed by atoms with E-state index >= 15 is 0 Å². The van der Waals surface area contributed by atoms with Gasteiger partial charge in [-0.3, -0.25) is 0 Å². The Morgan fingerprint density at radius 1 is 1.32 bits per heavy atom. The van der Waals surface area contributed by atoms with Crippen molar-refractivity contribution in [3.05, 3.63) is 29.3 Å². The third-order valence-corrected chi connectivity index (χ3v) is 3.61. The molecule has 118 valence electrons. The molecule has 0 amide bonds. The van der Waals surface area contributed by atoms with Crippen LogP contribution in [0.3, 0.4) is 0 Å². The van der Waals surface area contributed by atoms with E-state index in [0.717, 1.165) is 0 Å². The number of hydrogen-bond donors (Lipinski definition) is 0. The topological polar surface area (TPSA) is 62.1 Å². The van der Waals surface area contributed by atoms with Gasteiger partial charge in [-0.05, 0) is 34.4 Å². The van der Waals surface area contributed by atoms with Crippen LogP contribution in [0.1, 0.15) is 32.2 Å². The van der Waals surface area contributed by atoms with E-state index in [-0.39, 0.29) is 17.3 Å². The molecular formula is C15H19FN4O2. The molecule has 0 radical (unpaired) electrons. The Hall–Kier alpha value is -2.02. The van der Waals surface area contributed by atoms with Crippen LogP contribution in [0, 0.1) is 12.7 Å². The zero-order valence-electron chi connectivity index (χ0n) is 13.1. The Morgan fingerprint density at radius 3 is 2.55 bits per heavy atom. The number of aromatic nitrogens is 4. The number of rotatable bonds is 3. The summed E-state index contributed by atoms with van der Waals surface area (Å²) in [6.45, 7) is 8.69. The van der Waals surface area contributed by atoms with Crippen LogP contribution in [-0.4, -0.2) is 39.5 Å². The summed E-state index contributed by atoms with van der Waals surface area (Å²) in [6, 6.07) is 3.17. The number of ether oxygens (including phenoxy) is 2. The number of benzene rings is 1. The second-order valence-corrected chi connectivity index (χ2v) is 6.46. The molecule has 0 saturated carbocycles. The van der Waals surface area contributed by atoms with E-state index in [1.165, 1.54) is 6.07 Å². The fraction of sp³-hybridized carbons (Fsp3) is 0.533. The smallest absolute Gasteiger partial charge is 0.153 e. The fourth-order valence-electron chi connectivity index (χ4n) is 2.29. The van der Waals surface area contributed by atoms with E-state index in [9.17, 15) is 4.39 Å². The van der Waals surface area contributed by atoms with Crippen molar-refractivity contribution in [2.75, 3.05) is 13.2 Å². The molecular weight excluding hydrogens is 287 g/mol. The fourth-order valence-corrected chi connectivity index (χ4v) is 2.29. The van der Waals surface area contributed by atoms with E-state index in [1.807, 2.05) is 20.8 Å². The molecule has 22 heavy (non-hydrogen) atoms. The standard InChI is InChI=1S/C15H19FN4O2/c1-9-17-18-19-20(9)13-5-11(15(2,3)4)12(16)6-14(13)22-10-7-21-8-10/h5-6,10H,7-8H2,1-4H3. The predicted octanol–water partition coefficient (Wildman–Crippen LogP) is 2.18. The molecule has 2 heterocycles. The number of tetrazole rings is 1. The molecule has 0 spiro atoms. The summed E-state index contributed by atoms with van der Waals surface area (Å²) in [5.74, 6) is 0.743. The Morgan fingerprint density at radius 2 is 2.05 bits per heavy atom. The van der Waals surface area contributed by atoms with Crippen molar-refractivity contribution in [1.82, 2.24) is 20.2 Å². The molecule has 1 saturated heterocycles. The van der Waals surface area contributed by atoms with Gasteiger partial charge < -0.3 is 9.47 Å². The highest BCUT2D eigenvalue weighted by Gasteiger charge is 2.26. The first kappa shape index (κ1) is 14.9. The molecule has 0 aliphatic carbocycles. The van der Waals surface area contributed by atoms with Crippen LogP contribution in [0.15, 0.2) is 12.1 Å². The lowest BCUT2D eigenvalue weighted by molar-refractivity contribution is -0.0798. The van der Waals surface area contributed by atoms with Crippen molar-refractivity contribution in [3.63, 3.8) is 0 Å². The second kappa shape index (κ2) is 5.31. The van der Waals surface area contributed by atoms with Crippen LogP contribution < -0.4 is 4.74 Å². The van der Waals surface area contributed by atoms with Gasteiger partial charge in [0.1, 0.15) is 23.4 Å². The maximum absolute atomic E-state index is 14.5. The summed E-state index contributed by atoms with van der Waals surface area (Å²) in [4.78, 5) is 0. The highest BCUT2D eigenvalue weighted by molar-refractivity contribution is 5.51. The van der Waals surface area contributed by atoms with Crippen LogP contribution in [0.2, 0.25) is 0 Å². The molecule has 1 fully saturated rings. The Kier molecular flexibility index (Phi) is 3.60. The molecule has 6 nitrogen and oxygen atoms in total. The zero-order chi connectivity index (χ0) is 15.9. The predicted molar refractivity (Wildman–Crippen MR) is 77.8 cm³/mol. The molecule has 0 unspecified atom stereocenters. The molecule has 2 aromatic rings. The Labute approximate surface area is 128 Å². The maximum atomic E-state index is 14.5. The van der Waals surface area contributed by atoms with Gasteiger partial charge in [0.2, 0.25) is 0 Å². The van der Waals surface area contributed by atoms with Gasteiger partial charge in [-0.1, -0.05) is 20.8 Å². The minimum atomic E-state index is -0.334. The molecule has 7 heteroatoms. The quantitative estimate of drug-likeness (QED) is 0.870. The first-order valence-corrected chi connectivity index (χ1v) is 7.20. The van der Waals surface area contributed by atoms with E-state index in [1.54, 1.807) is 17.7 Å². The van der Waals surface area contributed by atoms with Gasteiger partial charge in [-0.25, -0.2) is 4.39 Å². The van der Waals surface area contributed by atoms with E-state index in [2.05, 4.69) is 15.5 Å². The Balaban J connectivity index is 2.11. The van der Waals surface area contributed by atoms with Crippen molar-refractivity contribution >= 4 is 0 Å². The van der Waals surface area contributed by atoms with Gasteiger partial charge in [0.05, 0.1) is 13.2 Å². The van der Waals surface area contributed by atoms with Crippen LogP contribution in [0.5, 0.6) is 5.75 Å². The van der Waals surface area contributed by atoms with Crippen molar-refractivity contribution in [1.29, 1.82) is 0 Å². The highest BCUT2D eigenvalue weighted by Crippen LogP contribution is 2.34. The lowest BCUT2D eigenvalue weighted by Crippen LogP contribution is -2.38. The first-order valence-electron chi connectivity index (χ1n) is 7.20. The third-order valence-electron chi connectivity index (χ3n) is 3.61. The maximum Gasteiger partial charge on any atom is 0.153 e. The second-order valence-electron chi connectivity index (χ2n) is 6.46. The van der Waals surface area contributed by atoms with E-state index in [0.29, 0.717) is 36.0 Å². The number of aryl methyl sites for hydroxylation is 1. The largest absolute Gasteiger partial charge is 0.483 e. The SMILES string of the molecule is Cc1nnnn1-c1cc(C(C)(C)C)c(F)cc1OC1COC1. The first-order chi connectivity index (χ1) is 10.4. The lowest BCUT2D eigenvalue weighted by Gasteiger charge is -2.29. The number of halogens is 1. The van der Waals surface area contributed by atoms with Crippen molar-refractivity contribution in [2.24, 2.45) is 0 Å². The van der Waals surface area contributed by atoms with Gasteiger partial charge >= 0.3 is 0 Å². The highest BCUT2D eigenvalue weighted by atomic mass is 19.1. The summed E-state index contributed by atoms with van der Waals surface area (Å²) in [7, 11) is 0. The summed E-state index contributed by atoms with van der Waals surface area (Å²) in [5, 5.41) is 11.5. The van der Waals surface area contributed by atoms with E-state index < -0.39 is 0 Å². The molecule has 1 aromatic carbocycles. The molecule has 1 aromatic heterocycles. The monoisotopic (exact) mass is 306 g/mol. The van der Waals surface area contributed by atoms with Crippen molar-refractivity contribution in [2.45, 2.75) is 39.2 Å². The van der Waals surface area contributed by atoms with Crippen LogP contribution >= 0.6 is 0 Å². The molecule has 3 rings (SSSR count). The lowest BCUT2D eigenvalue weighted by atomic mass is 9.86. The van der Waals surface area contributed by atoms with Gasteiger partial charge in [0, 0.05) is 6.07 Å². The van der Waals surface area contributed by atoms with Crippen LogP contribution in [0.25, 0.3) is 5.69 Å². The minimum absolute atomic E-state index is 0.0598. The molecule has 0 N–H and O–H groups in total. The van der Waals surface area contributed by atoms with Gasteiger partial charge in [-0.15, -0.1) is 5.10 Å². The normalized spacial score (nSPS) is 15.7. The minimum Gasteiger partial charge on any atom is -0.483 e. The van der Waals surface area contributed by atoms with Gasteiger partial charge in [0.25, 0.3) is 0 Å². The Bertz CT molecular complexity index is 689. The summed E-state index contributed by atoms with van der Waals surface area (Å²) >= 11 is 0. The van der Waals surface area contributed by atoms with Crippen molar-refractivity contribution in [3.8, 4) is 11.4 Å². The molecule has 1 aliphatic rings. The molecule has 0 atom stereocenters. The summed E-state index contributed by atoms with van der Waals surface area (Å²) in [5.41, 5.74) is 0.897. The molecule has 1 aliphatic heterocycles. The van der Waals surface area contributed by atoms with Crippen molar-refractivity contribution < 1.29 is 13.9 Å². The number of nitrogens with zero attached hydrogens (tertiary/aromatic N) is 4. The summed E-state index contributed by atoms with van der Waals surface area (Å²) < 4.78 is 27.0. The zero-order valence-corrected chi connectivity index (χ0v) is 13.1. The average Bonchev–Trinajstić information content (AvgIpc) is 2.78. The average molecular weight is 306 g/mol. The van der Waals surface area contributed by atoms with Crippen LogP contribution in [-0.2, 0) is 10.2 Å².